The molecule has 0 unspecified atom stereocenters. The highest BCUT2D eigenvalue weighted by atomic mass is 32.1. The number of fused-ring (bicyclic) bond motifs is 1. The molecule has 8 nitrogen and oxygen atoms in total. The molecule has 1 fully saturated rings. The lowest BCUT2D eigenvalue weighted by Gasteiger charge is -2.32. The number of ether oxygens (including phenoxy) is 1. The first-order chi connectivity index (χ1) is 16.4. The number of nitrogens with zero attached hydrogens (tertiary/aromatic N) is 6. The summed E-state index contributed by atoms with van der Waals surface area (Å²) in [5, 5.41) is 13.3. The highest BCUT2D eigenvalue weighted by Crippen LogP contribution is 2.40. The quantitative estimate of drug-likeness (QED) is 0.392. The summed E-state index contributed by atoms with van der Waals surface area (Å²) in [7, 11) is 1.65. The van der Waals surface area contributed by atoms with Gasteiger partial charge in [-0.05, 0) is 49.8 Å². The minimum atomic E-state index is 0.271. The molecule has 1 aliphatic rings. The van der Waals surface area contributed by atoms with Crippen molar-refractivity contribution in [2.45, 2.75) is 52.4 Å². The third-order valence-corrected chi connectivity index (χ3v) is 7.74. The van der Waals surface area contributed by atoms with E-state index in [4.69, 9.17) is 14.8 Å². The summed E-state index contributed by atoms with van der Waals surface area (Å²) in [5.41, 5.74) is 4.71. The van der Waals surface area contributed by atoms with Gasteiger partial charge in [0.05, 0.1) is 18.5 Å². The average Bonchev–Trinajstić information content (AvgIpc) is 3.57. The molecule has 0 spiro atoms. The number of H-pyrrole nitrogens is 1. The first kappa shape index (κ1) is 23.0. The van der Waals surface area contributed by atoms with Crippen molar-refractivity contribution >= 4 is 17.0 Å². The first-order valence-electron chi connectivity index (χ1n) is 12.1. The summed E-state index contributed by atoms with van der Waals surface area (Å²) in [5.74, 6) is 2.27. The molecule has 5 heterocycles. The van der Waals surface area contributed by atoms with Gasteiger partial charge in [-0.25, -0.2) is 14.5 Å². The molecule has 1 aliphatic heterocycles. The molecule has 4 aromatic rings. The van der Waals surface area contributed by atoms with Crippen molar-refractivity contribution in [1.82, 2.24) is 34.7 Å². The van der Waals surface area contributed by atoms with Gasteiger partial charge in [-0.15, -0.1) is 11.3 Å². The summed E-state index contributed by atoms with van der Waals surface area (Å²) in [6, 6.07) is 1.98. The van der Waals surface area contributed by atoms with Gasteiger partial charge in [0, 0.05) is 34.9 Å². The Bertz CT molecular complexity index is 1260. The molecule has 1 N–H and O–H groups in total. The van der Waals surface area contributed by atoms with Crippen molar-refractivity contribution < 1.29 is 4.74 Å². The smallest absolute Gasteiger partial charge is 0.197 e. The number of piperidine rings is 1. The number of hydrogen-bond donors (Lipinski definition) is 1. The van der Waals surface area contributed by atoms with Crippen LogP contribution in [0.2, 0.25) is 0 Å². The molecule has 0 amide bonds. The van der Waals surface area contributed by atoms with Crippen LogP contribution in [-0.4, -0.2) is 61.4 Å². The van der Waals surface area contributed by atoms with Crippen LogP contribution in [0.4, 0.5) is 0 Å². The fourth-order valence-corrected chi connectivity index (χ4v) is 6.07. The van der Waals surface area contributed by atoms with Crippen LogP contribution < -0.4 is 4.74 Å². The Morgan fingerprint density at radius 2 is 1.97 bits per heavy atom. The molecule has 4 aromatic heterocycles. The number of rotatable bonds is 7. The van der Waals surface area contributed by atoms with E-state index in [9.17, 15) is 0 Å². The molecule has 0 aliphatic carbocycles. The van der Waals surface area contributed by atoms with Gasteiger partial charge in [0.25, 0.3) is 0 Å². The number of nitrogens with one attached hydrogen (secondary N) is 1. The van der Waals surface area contributed by atoms with E-state index < -0.39 is 0 Å². The van der Waals surface area contributed by atoms with E-state index in [0.717, 1.165) is 33.4 Å². The van der Waals surface area contributed by atoms with Gasteiger partial charge in [0.2, 0.25) is 0 Å². The zero-order valence-corrected chi connectivity index (χ0v) is 21.4. The first-order valence-corrected chi connectivity index (χ1v) is 12.9. The Hall–Kier alpha value is -2.78. The van der Waals surface area contributed by atoms with E-state index >= 15 is 0 Å². The van der Waals surface area contributed by atoms with Gasteiger partial charge in [0.1, 0.15) is 11.3 Å². The molecule has 0 aromatic carbocycles. The molecule has 0 saturated carbocycles. The minimum absolute atomic E-state index is 0.271. The molecule has 0 bridgehead atoms. The summed E-state index contributed by atoms with van der Waals surface area (Å²) in [6.45, 7) is 12.5. The van der Waals surface area contributed by atoms with E-state index in [1.165, 1.54) is 43.7 Å². The van der Waals surface area contributed by atoms with Gasteiger partial charge >= 0.3 is 0 Å². The molecule has 34 heavy (non-hydrogen) atoms. The van der Waals surface area contributed by atoms with Crippen LogP contribution in [0.25, 0.3) is 27.6 Å². The Kier molecular flexibility index (Phi) is 6.40. The number of likely N-dealkylation sites (tertiary alicyclic amines) is 1. The fraction of sp³-hybridized carbons (Fsp3) is 0.520. The average molecular weight is 480 g/mol. The predicted molar refractivity (Wildman–Crippen MR) is 136 cm³/mol. The topological polar surface area (TPSA) is 84.2 Å². The summed E-state index contributed by atoms with van der Waals surface area (Å²) >= 11 is 1.81. The maximum Gasteiger partial charge on any atom is 0.197 e. The molecule has 9 heteroatoms. The lowest BCUT2D eigenvalue weighted by Crippen LogP contribution is -2.35. The van der Waals surface area contributed by atoms with Gasteiger partial charge in [-0.3, -0.25) is 5.10 Å². The van der Waals surface area contributed by atoms with Crippen LogP contribution in [0, 0.1) is 5.92 Å². The summed E-state index contributed by atoms with van der Waals surface area (Å²) < 4.78 is 7.30. The van der Waals surface area contributed by atoms with E-state index in [-0.39, 0.29) is 5.92 Å². The second kappa shape index (κ2) is 9.46. The van der Waals surface area contributed by atoms with E-state index in [1.807, 2.05) is 12.3 Å². The van der Waals surface area contributed by atoms with Gasteiger partial charge in [0.15, 0.2) is 11.4 Å². The molecule has 180 valence electrons. The van der Waals surface area contributed by atoms with E-state index in [0.29, 0.717) is 17.3 Å². The van der Waals surface area contributed by atoms with Crippen LogP contribution in [0.3, 0.4) is 0 Å². The third-order valence-electron chi connectivity index (χ3n) is 6.57. The normalized spacial score (nSPS) is 15.7. The lowest BCUT2D eigenvalue weighted by atomic mass is 9.95. The highest BCUT2D eigenvalue weighted by Gasteiger charge is 2.26. The summed E-state index contributed by atoms with van der Waals surface area (Å²) in [6.07, 6.45) is 7.98. The SMILES string of the molecule is COc1cc(-c2n[nH]c(-c3ncc(C4CCN(CC(C)C)CC4)s3)c2C(C)C)cn2ncnc12. The Labute approximate surface area is 204 Å². The van der Waals surface area contributed by atoms with Gasteiger partial charge < -0.3 is 9.64 Å². The number of aromatic nitrogens is 6. The van der Waals surface area contributed by atoms with Gasteiger partial charge in [-0.1, -0.05) is 27.7 Å². The van der Waals surface area contributed by atoms with Crippen LogP contribution in [0.1, 0.15) is 62.8 Å². The maximum absolute atomic E-state index is 5.56. The Balaban J connectivity index is 1.44. The Morgan fingerprint density at radius 3 is 2.68 bits per heavy atom. The molecular formula is C25H33N7OS. The third kappa shape index (κ3) is 4.34. The van der Waals surface area contributed by atoms with Crippen molar-refractivity contribution in [2.24, 2.45) is 5.92 Å². The fourth-order valence-electron chi connectivity index (χ4n) is 4.98. The van der Waals surface area contributed by atoms with E-state index in [2.05, 4.69) is 54.0 Å². The molecule has 1 saturated heterocycles. The molecule has 0 atom stereocenters. The number of hydrogen-bond acceptors (Lipinski definition) is 7. The lowest BCUT2D eigenvalue weighted by molar-refractivity contribution is 0.193. The monoisotopic (exact) mass is 479 g/mol. The van der Waals surface area contributed by atoms with Crippen LogP contribution in [0.5, 0.6) is 5.75 Å². The van der Waals surface area contributed by atoms with Crippen molar-refractivity contribution in [2.75, 3.05) is 26.7 Å². The number of pyridine rings is 1. The Morgan fingerprint density at radius 1 is 1.18 bits per heavy atom. The zero-order chi connectivity index (χ0) is 23.8. The number of thiazole rings is 1. The number of methoxy groups -OCH3 is 1. The van der Waals surface area contributed by atoms with Crippen LogP contribution in [-0.2, 0) is 0 Å². The zero-order valence-electron chi connectivity index (χ0n) is 20.6. The molecule has 0 radical (unpaired) electrons. The minimum Gasteiger partial charge on any atom is -0.493 e. The van der Waals surface area contributed by atoms with Crippen LogP contribution >= 0.6 is 11.3 Å². The largest absolute Gasteiger partial charge is 0.493 e. The van der Waals surface area contributed by atoms with Crippen molar-refractivity contribution in [3.8, 4) is 27.7 Å². The highest BCUT2D eigenvalue weighted by molar-refractivity contribution is 7.15. The number of aromatic amines is 1. The van der Waals surface area contributed by atoms with Crippen LogP contribution in [0.15, 0.2) is 24.8 Å². The van der Waals surface area contributed by atoms with Crippen molar-refractivity contribution in [3.63, 3.8) is 0 Å². The molecule has 5 rings (SSSR count). The van der Waals surface area contributed by atoms with Crippen molar-refractivity contribution in [3.05, 3.63) is 35.2 Å². The summed E-state index contributed by atoms with van der Waals surface area (Å²) in [4.78, 5) is 13.1. The second-order valence-corrected chi connectivity index (χ2v) is 10.9. The molecular weight excluding hydrogens is 446 g/mol. The second-order valence-electron chi connectivity index (χ2n) is 9.88. The standard InChI is InChI=1S/C25H33N7OS/c1-15(2)12-31-8-6-17(7-9-31)20-11-26-25(34-20)23-21(16(3)4)22(29-30-23)18-10-19(33-5)24-27-14-28-32(24)13-18/h10-11,13-17H,6-9,12H2,1-5H3,(H,29,30). The van der Waals surface area contributed by atoms with Crippen molar-refractivity contribution in [1.29, 1.82) is 0 Å². The van der Waals surface area contributed by atoms with Gasteiger partial charge in [-0.2, -0.15) is 10.2 Å². The van der Waals surface area contributed by atoms with E-state index in [1.54, 1.807) is 23.0 Å². The maximum atomic E-state index is 5.56. The predicted octanol–water partition coefficient (Wildman–Crippen LogP) is 5.21.